The Morgan fingerprint density at radius 1 is 1.35 bits per heavy atom. The van der Waals surface area contributed by atoms with Crippen LogP contribution in [-0.2, 0) is 12.6 Å². The highest BCUT2D eigenvalue weighted by Gasteiger charge is 2.28. The van der Waals surface area contributed by atoms with Crippen molar-refractivity contribution in [2.24, 2.45) is 12.8 Å². The van der Waals surface area contributed by atoms with Crippen molar-refractivity contribution in [3.63, 3.8) is 0 Å². The van der Waals surface area contributed by atoms with Crippen LogP contribution in [0.2, 0.25) is 0 Å². The van der Waals surface area contributed by atoms with Crippen LogP contribution < -0.4 is 5.73 Å². The smallest absolute Gasteiger partial charge is 0.112 e. The summed E-state index contributed by atoms with van der Waals surface area (Å²) in [5.74, 6) is 1.91. The van der Waals surface area contributed by atoms with Crippen molar-refractivity contribution in [3.05, 3.63) is 29.6 Å². The SMILES string of the molecule is Cn1c(C2CC2)nc2cc(C(C)(C)N)ccc21. The van der Waals surface area contributed by atoms with Gasteiger partial charge in [-0.15, -0.1) is 0 Å². The average molecular weight is 229 g/mol. The summed E-state index contributed by atoms with van der Waals surface area (Å²) in [6.45, 7) is 4.05. The van der Waals surface area contributed by atoms with E-state index in [9.17, 15) is 0 Å². The highest BCUT2D eigenvalue weighted by Crippen LogP contribution is 2.40. The van der Waals surface area contributed by atoms with Crippen molar-refractivity contribution in [1.29, 1.82) is 0 Å². The minimum atomic E-state index is -0.300. The fraction of sp³-hybridized carbons (Fsp3) is 0.500. The van der Waals surface area contributed by atoms with Crippen LogP contribution in [0, 0.1) is 0 Å². The number of hydrogen-bond acceptors (Lipinski definition) is 2. The van der Waals surface area contributed by atoms with E-state index < -0.39 is 0 Å². The number of fused-ring (bicyclic) bond motifs is 1. The van der Waals surface area contributed by atoms with Crippen LogP contribution in [-0.4, -0.2) is 9.55 Å². The van der Waals surface area contributed by atoms with Crippen molar-refractivity contribution < 1.29 is 0 Å². The van der Waals surface area contributed by atoms with E-state index in [2.05, 4.69) is 29.8 Å². The zero-order chi connectivity index (χ0) is 12.2. The Kier molecular flexibility index (Phi) is 2.11. The van der Waals surface area contributed by atoms with E-state index in [0.717, 1.165) is 11.1 Å². The van der Waals surface area contributed by atoms with Gasteiger partial charge in [0.2, 0.25) is 0 Å². The van der Waals surface area contributed by atoms with Crippen LogP contribution in [0.1, 0.15) is 44.0 Å². The number of nitrogens with zero attached hydrogens (tertiary/aromatic N) is 2. The second-order valence-corrected chi connectivity index (χ2v) is 5.73. The van der Waals surface area contributed by atoms with Gasteiger partial charge in [-0.05, 0) is 44.4 Å². The molecule has 1 aliphatic carbocycles. The van der Waals surface area contributed by atoms with E-state index in [-0.39, 0.29) is 5.54 Å². The van der Waals surface area contributed by atoms with Gasteiger partial charge < -0.3 is 10.3 Å². The molecule has 0 spiro atoms. The fourth-order valence-electron chi connectivity index (χ4n) is 2.33. The molecular formula is C14H19N3. The maximum absolute atomic E-state index is 6.13. The minimum Gasteiger partial charge on any atom is -0.331 e. The van der Waals surface area contributed by atoms with Crippen LogP contribution in [0.3, 0.4) is 0 Å². The first-order chi connectivity index (χ1) is 7.97. The molecule has 0 amide bonds. The van der Waals surface area contributed by atoms with E-state index in [0.29, 0.717) is 5.92 Å². The Hall–Kier alpha value is -1.35. The lowest BCUT2D eigenvalue weighted by atomic mass is 9.95. The van der Waals surface area contributed by atoms with Crippen LogP contribution in [0.15, 0.2) is 18.2 Å². The summed E-state index contributed by atoms with van der Waals surface area (Å²) in [6.07, 6.45) is 2.57. The van der Waals surface area contributed by atoms with Crippen molar-refractivity contribution in [3.8, 4) is 0 Å². The molecule has 2 N–H and O–H groups in total. The summed E-state index contributed by atoms with van der Waals surface area (Å²) in [4.78, 5) is 4.76. The van der Waals surface area contributed by atoms with Gasteiger partial charge in [0, 0.05) is 18.5 Å². The van der Waals surface area contributed by atoms with E-state index in [1.165, 1.54) is 24.2 Å². The Bertz CT molecular complexity index is 571. The number of aryl methyl sites for hydroxylation is 1. The van der Waals surface area contributed by atoms with Gasteiger partial charge in [0.25, 0.3) is 0 Å². The molecule has 3 rings (SSSR count). The zero-order valence-corrected chi connectivity index (χ0v) is 10.7. The third kappa shape index (κ3) is 1.75. The lowest BCUT2D eigenvalue weighted by molar-refractivity contribution is 0.555. The standard InChI is InChI=1S/C14H19N3/c1-14(2,15)10-6-7-12-11(8-10)16-13(17(12)3)9-4-5-9/h6-9H,4-5,15H2,1-3H3. The summed E-state index contributed by atoms with van der Waals surface area (Å²) < 4.78 is 2.22. The third-order valence-electron chi connectivity index (χ3n) is 3.60. The predicted molar refractivity (Wildman–Crippen MR) is 69.9 cm³/mol. The number of aromatic nitrogens is 2. The first-order valence-electron chi connectivity index (χ1n) is 6.22. The van der Waals surface area contributed by atoms with Gasteiger partial charge in [-0.3, -0.25) is 0 Å². The summed E-state index contributed by atoms with van der Waals surface area (Å²) in [6, 6.07) is 6.38. The number of nitrogens with two attached hydrogens (primary N) is 1. The summed E-state index contributed by atoms with van der Waals surface area (Å²) in [7, 11) is 2.11. The molecular weight excluding hydrogens is 210 g/mol. The molecule has 1 aromatic carbocycles. The molecule has 0 radical (unpaired) electrons. The van der Waals surface area contributed by atoms with Gasteiger partial charge >= 0.3 is 0 Å². The number of hydrogen-bond donors (Lipinski definition) is 1. The van der Waals surface area contributed by atoms with Crippen LogP contribution in [0.5, 0.6) is 0 Å². The topological polar surface area (TPSA) is 43.8 Å². The Labute approximate surface area is 102 Å². The molecule has 0 unspecified atom stereocenters. The Morgan fingerprint density at radius 3 is 2.65 bits per heavy atom. The molecule has 1 saturated carbocycles. The molecule has 1 fully saturated rings. The van der Waals surface area contributed by atoms with Crippen molar-refractivity contribution in [1.82, 2.24) is 9.55 Å². The molecule has 0 saturated heterocycles. The van der Waals surface area contributed by atoms with Gasteiger partial charge in [0.1, 0.15) is 5.82 Å². The minimum absolute atomic E-state index is 0.300. The second kappa shape index (κ2) is 3.33. The van der Waals surface area contributed by atoms with Gasteiger partial charge in [0.15, 0.2) is 0 Å². The Balaban J connectivity index is 2.17. The molecule has 3 heteroatoms. The number of rotatable bonds is 2. The van der Waals surface area contributed by atoms with Crippen LogP contribution >= 0.6 is 0 Å². The summed E-state index contributed by atoms with van der Waals surface area (Å²) in [5.41, 5.74) is 9.26. The molecule has 0 aliphatic heterocycles. The zero-order valence-electron chi connectivity index (χ0n) is 10.7. The highest BCUT2D eigenvalue weighted by atomic mass is 15.1. The van der Waals surface area contributed by atoms with E-state index >= 15 is 0 Å². The van der Waals surface area contributed by atoms with E-state index in [1.54, 1.807) is 0 Å². The highest BCUT2D eigenvalue weighted by molar-refractivity contribution is 5.77. The number of benzene rings is 1. The van der Waals surface area contributed by atoms with Crippen molar-refractivity contribution in [2.75, 3.05) is 0 Å². The van der Waals surface area contributed by atoms with E-state index in [4.69, 9.17) is 10.7 Å². The maximum Gasteiger partial charge on any atom is 0.112 e. The first kappa shape index (κ1) is 10.8. The molecule has 3 nitrogen and oxygen atoms in total. The molecule has 0 bridgehead atoms. The third-order valence-corrected chi connectivity index (χ3v) is 3.60. The van der Waals surface area contributed by atoms with Crippen LogP contribution in [0.25, 0.3) is 11.0 Å². The Morgan fingerprint density at radius 2 is 2.06 bits per heavy atom. The molecule has 2 aromatic rings. The monoisotopic (exact) mass is 229 g/mol. The molecule has 1 aliphatic rings. The second-order valence-electron chi connectivity index (χ2n) is 5.73. The molecule has 17 heavy (non-hydrogen) atoms. The molecule has 1 heterocycles. The maximum atomic E-state index is 6.13. The van der Waals surface area contributed by atoms with E-state index in [1.807, 2.05) is 13.8 Å². The molecule has 0 atom stereocenters. The lowest BCUT2D eigenvalue weighted by Gasteiger charge is -2.18. The summed E-state index contributed by atoms with van der Waals surface area (Å²) >= 11 is 0. The average Bonchev–Trinajstić information content (AvgIpc) is 3.03. The number of imidazole rings is 1. The fourth-order valence-corrected chi connectivity index (χ4v) is 2.33. The lowest BCUT2D eigenvalue weighted by Crippen LogP contribution is -2.28. The van der Waals surface area contributed by atoms with Gasteiger partial charge in [-0.2, -0.15) is 0 Å². The van der Waals surface area contributed by atoms with Gasteiger partial charge in [-0.25, -0.2) is 4.98 Å². The predicted octanol–water partition coefficient (Wildman–Crippen LogP) is 2.64. The van der Waals surface area contributed by atoms with Crippen molar-refractivity contribution in [2.45, 2.75) is 38.1 Å². The van der Waals surface area contributed by atoms with Gasteiger partial charge in [0.05, 0.1) is 11.0 Å². The quantitative estimate of drug-likeness (QED) is 0.860. The normalized spacial score (nSPS) is 16.7. The molecule has 1 aromatic heterocycles. The summed E-state index contributed by atoms with van der Waals surface area (Å²) in [5, 5.41) is 0. The molecule has 90 valence electrons. The van der Waals surface area contributed by atoms with Gasteiger partial charge in [-0.1, -0.05) is 6.07 Å². The van der Waals surface area contributed by atoms with Crippen LogP contribution in [0.4, 0.5) is 0 Å². The van der Waals surface area contributed by atoms with Crippen molar-refractivity contribution >= 4 is 11.0 Å². The largest absolute Gasteiger partial charge is 0.331 e. The first-order valence-corrected chi connectivity index (χ1v) is 6.22.